The van der Waals surface area contributed by atoms with E-state index < -0.39 is 0 Å². The predicted molar refractivity (Wildman–Crippen MR) is 89.9 cm³/mol. The molecule has 3 aromatic rings. The summed E-state index contributed by atoms with van der Waals surface area (Å²) in [5.41, 5.74) is 1.00. The molecule has 6 heteroatoms. The van der Waals surface area contributed by atoms with Gasteiger partial charge in [0, 0.05) is 24.4 Å². The molecule has 3 rings (SSSR count). The Balaban J connectivity index is 1.46. The second kappa shape index (κ2) is 7.20. The van der Waals surface area contributed by atoms with Crippen molar-refractivity contribution in [1.82, 2.24) is 10.3 Å². The molecule has 0 saturated carbocycles. The van der Waals surface area contributed by atoms with Crippen molar-refractivity contribution in [2.45, 2.75) is 6.42 Å². The molecule has 1 amide bonds. The molecule has 0 aromatic carbocycles. The van der Waals surface area contributed by atoms with Gasteiger partial charge < -0.3 is 9.73 Å². The van der Waals surface area contributed by atoms with Gasteiger partial charge >= 0.3 is 0 Å². The van der Waals surface area contributed by atoms with Crippen LogP contribution in [0.4, 0.5) is 0 Å². The number of nitrogens with zero attached hydrogens (tertiary/aromatic N) is 1. The summed E-state index contributed by atoms with van der Waals surface area (Å²) in [5, 5.41) is 7.96. The SMILES string of the molecule is O=C(/C=C/c1ccco1)NCCc1csc(-c2cccs2)n1. The third-order valence-corrected chi connectivity index (χ3v) is 4.84. The van der Waals surface area contributed by atoms with E-state index in [-0.39, 0.29) is 5.91 Å². The molecule has 1 N–H and O–H groups in total. The zero-order chi connectivity index (χ0) is 15.2. The lowest BCUT2D eigenvalue weighted by Gasteiger charge is -1.99. The number of thiazole rings is 1. The largest absolute Gasteiger partial charge is 0.465 e. The summed E-state index contributed by atoms with van der Waals surface area (Å²) in [7, 11) is 0. The van der Waals surface area contributed by atoms with E-state index in [9.17, 15) is 4.79 Å². The second-order valence-corrected chi connectivity index (χ2v) is 6.32. The van der Waals surface area contributed by atoms with Gasteiger partial charge in [-0.3, -0.25) is 4.79 Å². The number of rotatable bonds is 6. The third kappa shape index (κ3) is 3.93. The van der Waals surface area contributed by atoms with Crippen LogP contribution in [-0.2, 0) is 11.2 Å². The highest BCUT2D eigenvalue weighted by molar-refractivity contribution is 7.20. The Morgan fingerprint density at radius 1 is 1.32 bits per heavy atom. The van der Waals surface area contributed by atoms with Crippen molar-refractivity contribution >= 4 is 34.7 Å². The number of amides is 1. The van der Waals surface area contributed by atoms with Crippen LogP contribution in [0.3, 0.4) is 0 Å². The van der Waals surface area contributed by atoms with Crippen LogP contribution >= 0.6 is 22.7 Å². The van der Waals surface area contributed by atoms with E-state index in [4.69, 9.17) is 4.42 Å². The Bertz CT molecular complexity index is 743. The molecular weight excluding hydrogens is 316 g/mol. The first kappa shape index (κ1) is 14.7. The van der Waals surface area contributed by atoms with Gasteiger partial charge in [0.1, 0.15) is 10.8 Å². The van der Waals surface area contributed by atoms with Gasteiger partial charge in [0.25, 0.3) is 0 Å². The highest BCUT2D eigenvalue weighted by Gasteiger charge is 2.05. The highest BCUT2D eigenvalue weighted by atomic mass is 32.1. The zero-order valence-corrected chi connectivity index (χ0v) is 13.3. The Hall–Kier alpha value is -2.18. The summed E-state index contributed by atoms with van der Waals surface area (Å²) >= 11 is 3.32. The van der Waals surface area contributed by atoms with Gasteiger partial charge in [0.15, 0.2) is 0 Å². The Morgan fingerprint density at radius 3 is 3.05 bits per heavy atom. The van der Waals surface area contributed by atoms with Gasteiger partial charge in [-0.25, -0.2) is 4.98 Å². The fourth-order valence-electron chi connectivity index (χ4n) is 1.85. The van der Waals surface area contributed by atoms with E-state index >= 15 is 0 Å². The third-order valence-electron chi connectivity index (χ3n) is 2.91. The number of carbonyl (C=O) groups is 1. The van der Waals surface area contributed by atoms with Crippen molar-refractivity contribution in [3.8, 4) is 9.88 Å². The van der Waals surface area contributed by atoms with Crippen LogP contribution in [0.25, 0.3) is 16.0 Å². The standard InChI is InChI=1S/C16H14N2O2S2/c19-15(6-5-13-3-1-9-20-13)17-8-7-12-11-22-16(18-12)14-4-2-10-21-14/h1-6,9-11H,7-8H2,(H,17,19)/b6-5+. The summed E-state index contributed by atoms with van der Waals surface area (Å²) in [6.07, 6.45) is 5.41. The minimum Gasteiger partial charge on any atom is -0.465 e. The summed E-state index contributed by atoms with van der Waals surface area (Å²) in [4.78, 5) is 17.4. The first-order valence-corrected chi connectivity index (χ1v) is 8.55. The van der Waals surface area contributed by atoms with E-state index in [0.717, 1.165) is 17.1 Å². The molecule has 3 heterocycles. The van der Waals surface area contributed by atoms with Crippen molar-refractivity contribution in [2.24, 2.45) is 0 Å². The van der Waals surface area contributed by atoms with E-state index in [2.05, 4.69) is 16.4 Å². The maximum atomic E-state index is 11.7. The average molecular weight is 330 g/mol. The summed E-state index contributed by atoms with van der Waals surface area (Å²) in [6, 6.07) is 7.66. The van der Waals surface area contributed by atoms with Crippen LogP contribution in [0, 0.1) is 0 Å². The van der Waals surface area contributed by atoms with Gasteiger partial charge in [-0.1, -0.05) is 6.07 Å². The first-order chi connectivity index (χ1) is 10.8. The van der Waals surface area contributed by atoms with Crippen molar-refractivity contribution in [2.75, 3.05) is 6.54 Å². The van der Waals surface area contributed by atoms with Gasteiger partial charge in [-0.05, 0) is 29.7 Å². The lowest BCUT2D eigenvalue weighted by atomic mass is 10.3. The lowest BCUT2D eigenvalue weighted by Crippen LogP contribution is -2.23. The van der Waals surface area contributed by atoms with Crippen molar-refractivity contribution in [3.63, 3.8) is 0 Å². The molecule has 0 aliphatic heterocycles. The Kier molecular flexibility index (Phi) is 4.82. The Morgan fingerprint density at radius 2 is 2.27 bits per heavy atom. The molecule has 112 valence electrons. The lowest BCUT2D eigenvalue weighted by molar-refractivity contribution is -0.116. The minimum atomic E-state index is -0.134. The fourth-order valence-corrected chi connectivity index (χ4v) is 3.52. The van der Waals surface area contributed by atoms with Crippen LogP contribution in [0.2, 0.25) is 0 Å². The molecule has 3 aromatic heterocycles. The molecule has 0 spiro atoms. The van der Waals surface area contributed by atoms with Gasteiger partial charge in [0.2, 0.25) is 5.91 Å². The second-order valence-electron chi connectivity index (χ2n) is 4.51. The fraction of sp³-hybridized carbons (Fsp3) is 0.125. The number of thiophene rings is 1. The zero-order valence-electron chi connectivity index (χ0n) is 11.7. The van der Waals surface area contributed by atoms with E-state index in [1.807, 2.05) is 16.8 Å². The minimum absolute atomic E-state index is 0.134. The van der Waals surface area contributed by atoms with Crippen molar-refractivity contribution in [3.05, 3.63) is 58.8 Å². The number of aromatic nitrogens is 1. The maximum Gasteiger partial charge on any atom is 0.244 e. The van der Waals surface area contributed by atoms with Gasteiger partial charge in [-0.15, -0.1) is 22.7 Å². The van der Waals surface area contributed by atoms with Crippen LogP contribution in [0.15, 0.2) is 51.8 Å². The number of nitrogens with one attached hydrogen (secondary N) is 1. The van der Waals surface area contributed by atoms with Crippen LogP contribution in [0.1, 0.15) is 11.5 Å². The molecule has 0 aliphatic carbocycles. The quantitative estimate of drug-likeness (QED) is 0.699. The summed E-state index contributed by atoms with van der Waals surface area (Å²) in [6.45, 7) is 0.564. The molecule has 0 radical (unpaired) electrons. The average Bonchev–Trinajstić information content (AvgIpc) is 3.26. The smallest absolute Gasteiger partial charge is 0.244 e. The maximum absolute atomic E-state index is 11.7. The summed E-state index contributed by atoms with van der Waals surface area (Å²) < 4.78 is 5.12. The van der Waals surface area contributed by atoms with E-state index in [1.165, 1.54) is 11.0 Å². The molecule has 0 atom stereocenters. The van der Waals surface area contributed by atoms with E-state index in [1.54, 1.807) is 47.1 Å². The molecule has 22 heavy (non-hydrogen) atoms. The predicted octanol–water partition coefficient (Wildman–Crippen LogP) is 3.84. The topological polar surface area (TPSA) is 55.1 Å². The Labute approximate surface area is 136 Å². The number of hydrogen-bond acceptors (Lipinski definition) is 5. The van der Waals surface area contributed by atoms with Gasteiger partial charge in [0.05, 0.1) is 16.8 Å². The first-order valence-electron chi connectivity index (χ1n) is 6.79. The number of furan rings is 1. The van der Waals surface area contributed by atoms with Crippen LogP contribution in [0.5, 0.6) is 0 Å². The molecule has 0 aliphatic rings. The van der Waals surface area contributed by atoms with E-state index in [0.29, 0.717) is 12.3 Å². The normalized spacial score (nSPS) is 11.1. The molecular formula is C16H14N2O2S2. The molecule has 4 nitrogen and oxygen atoms in total. The highest BCUT2D eigenvalue weighted by Crippen LogP contribution is 2.27. The molecule has 0 unspecified atom stereocenters. The molecule has 0 fully saturated rings. The van der Waals surface area contributed by atoms with Crippen LogP contribution in [-0.4, -0.2) is 17.4 Å². The number of hydrogen-bond donors (Lipinski definition) is 1. The van der Waals surface area contributed by atoms with Crippen LogP contribution < -0.4 is 5.32 Å². The molecule has 0 bridgehead atoms. The molecule has 0 saturated heterocycles. The monoisotopic (exact) mass is 330 g/mol. The van der Waals surface area contributed by atoms with Crippen molar-refractivity contribution in [1.29, 1.82) is 0 Å². The van der Waals surface area contributed by atoms with Gasteiger partial charge in [-0.2, -0.15) is 0 Å². The van der Waals surface area contributed by atoms with Crippen molar-refractivity contribution < 1.29 is 9.21 Å². The number of carbonyl (C=O) groups excluding carboxylic acids is 1. The summed E-state index contributed by atoms with van der Waals surface area (Å²) in [5.74, 6) is 0.528.